The fraction of sp³-hybridized carbons (Fsp3) is 0.364. The second kappa shape index (κ2) is 9.92. The zero-order chi connectivity index (χ0) is 22.4. The van der Waals surface area contributed by atoms with Crippen molar-refractivity contribution in [3.05, 3.63) is 41.5 Å². The summed E-state index contributed by atoms with van der Waals surface area (Å²) >= 11 is 0. The highest BCUT2D eigenvalue weighted by Crippen LogP contribution is 2.38. The minimum Gasteiger partial charge on any atom is -0.493 e. The summed E-state index contributed by atoms with van der Waals surface area (Å²) in [5.74, 6) is 1.15. The monoisotopic (exact) mass is 431 g/mol. The summed E-state index contributed by atoms with van der Waals surface area (Å²) in [5, 5.41) is 2.79. The number of fused-ring (bicyclic) bond motifs is 1. The van der Waals surface area contributed by atoms with Gasteiger partial charge in [0.2, 0.25) is 5.75 Å². The first-order valence-corrected chi connectivity index (χ1v) is 9.62. The molecule has 0 spiro atoms. The van der Waals surface area contributed by atoms with E-state index in [1.807, 2.05) is 19.1 Å². The van der Waals surface area contributed by atoms with Crippen LogP contribution in [0.2, 0.25) is 0 Å². The van der Waals surface area contributed by atoms with Crippen LogP contribution in [0.15, 0.2) is 30.3 Å². The molecule has 0 saturated carbocycles. The lowest BCUT2D eigenvalue weighted by Gasteiger charge is -2.21. The fourth-order valence-electron chi connectivity index (χ4n) is 3.11. The Balaban J connectivity index is 1.60. The maximum atomic E-state index is 12.4. The van der Waals surface area contributed by atoms with Crippen LogP contribution in [-0.4, -0.2) is 53.0 Å². The van der Waals surface area contributed by atoms with Crippen molar-refractivity contribution >= 4 is 11.9 Å². The Kier molecular flexibility index (Phi) is 7.07. The van der Waals surface area contributed by atoms with Crippen LogP contribution in [-0.2, 0) is 9.53 Å². The van der Waals surface area contributed by atoms with Crippen molar-refractivity contribution in [3.8, 4) is 28.7 Å². The number of methoxy groups -OCH3 is 3. The number of benzene rings is 2. The first-order chi connectivity index (χ1) is 15.0. The van der Waals surface area contributed by atoms with Crippen molar-refractivity contribution in [1.29, 1.82) is 0 Å². The van der Waals surface area contributed by atoms with Gasteiger partial charge in [-0.05, 0) is 36.8 Å². The normalized spacial score (nSPS) is 13.0. The van der Waals surface area contributed by atoms with E-state index in [1.54, 1.807) is 6.07 Å². The van der Waals surface area contributed by atoms with E-state index in [4.69, 9.17) is 28.4 Å². The van der Waals surface area contributed by atoms with Crippen molar-refractivity contribution in [2.45, 2.75) is 13.0 Å². The molecule has 0 aliphatic carbocycles. The summed E-state index contributed by atoms with van der Waals surface area (Å²) in [4.78, 5) is 24.7. The fourth-order valence-corrected chi connectivity index (χ4v) is 3.11. The summed E-state index contributed by atoms with van der Waals surface area (Å²) in [7, 11) is 4.35. The average Bonchev–Trinajstić information content (AvgIpc) is 2.80. The van der Waals surface area contributed by atoms with E-state index in [0.29, 0.717) is 42.0 Å². The molecule has 9 heteroatoms. The van der Waals surface area contributed by atoms with E-state index < -0.39 is 18.5 Å². The number of carbonyl (C=O) groups excluding carboxylic acids is 2. The molecule has 0 radical (unpaired) electrons. The lowest BCUT2D eigenvalue weighted by Crippen LogP contribution is -2.31. The highest BCUT2D eigenvalue weighted by molar-refractivity contribution is 5.92. The Hall–Kier alpha value is -3.62. The maximum absolute atomic E-state index is 12.4. The minimum absolute atomic E-state index is 0.169. The van der Waals surface area contributed by atoms with Gasteiger partial charge in [0.15, 0.2) is 29.6 Å². The van der Waals surface area contributed by atoms with E-state index >= 15 is 0 Å². The van der Waals surface area contributed by atoms with Crippen LogP contribution < -0.4 is 29.0 Å². The van der Waals surface area contributed by atoms with E-state index in [9.17, 15) is 9.59 Å². The molecule has 1 heterocycles. The summed E-state index contributed by atoms with van der Waals surface area (Å²) in [6, 6.07) is 8.07. The molecule has 1 unspecified atom stereocenters. The second-order valence-electron chi connectivity index (χ2n) is 6.68. The Morgan fingerprint density at radius 2 is 1.61 bits per heavy atom. The van der Waals surface area contributed by atoms with E-state index in [2.05, 4.69) is 5.32 Å². The molecule has 0 bridgehead atoms. The molecule has 1 aliphatic heterocycles. The van der Waals surface area contributed by atoms with E-state index in [0.717, 1.165) is 5.56 Å². The highest BCUT2D eigenvalue weighted by Gasteiger charge is 2.20. The Morgan fingerprint density at radius 3 is 2.23 bits per heavy atom. The molecule has 0 saturated heterocycles. The topological polar surface area (TPSA) is 102 Å². The standard InChI is InChI=1S/C22H25NO8/c1-13(14-5-6-16-17(9-14)30-8-7-29-16)23-20(24)12-31-22(25)15-10-18(26-2)21(28-4)19(11-15)27-3/h5-6,9-11,13H,7-8,12H2,1-4H3,(H,23,24). The van der Waals surface area contributed by atoms with Crippen LogP contribution in [0.1, 0.15) is 28.9 Å². The van der Waals surface area contributed by atoms with Gasteiger partial charge >= 0.3 is 5.97 Å². The van der Waals surface area contributed by atoms with Crippen LogP contribution >= 0.6 is 0 Å². The summed E-state index contributed by atoms with van der Waals surface area (Å²) < 4.78 is 31.9. The molecule has 1 N–H and O–H groups in total. The van der Waals surface area contributed by atoms with Crippen molar-refractivity contribution in [1.82, 2.24) is 5.32 Å². The van der Waals surface area contributed by atoms with E-state index in [1.165, 1.54) is 33.5 Å². The van der Waals surface area contributed by atoms with Gasteiger partial charge in [0, 0.05) is 0 Å². The molecule has 1 aliphatic rings. The number of carbonyl (C=O) groups is 2. The van der Waals surface area contributed by atoms with Gasteiger partial charge in [-0.2, -0.15) is 0 Å². The first kappa shape index (κ1) is 22.1. The van der Waals surface area contributed by atoms with Gasteiger partial charge in [-0.1, -0.05) is 6.07 Å². The molecule has 1 atom stereocenters. The van der Waals surface area contributed by atoms with Crippen molar-refractivity contribution in [3.63, 3.8) is 0 Å². The van der Waals surface area contributed by atoms with E-state index in [-0.39, 0.29) is 11.6 Å². The molecule has 166 valence electrons. The second-order valence-corrected chi connectivity index (χ2v) is 6.68. The molecular weight excluding hydrogens is 406 g/mol. The van der Waals surface area contributed by atoms with Gasteiger partial charge in [0.25, 0.3) is 5.91 Å². The first-order valence-electron chi connectivity index (χ1n) is 9.62. The van der Waals surface area contributed by atoms with Crippen LogP contribution in [0.4, 0.5) is 0 Å². The van der Waals surface area contributed by atoms with Gasteiger partial charge in [0.1, 0.15) is 13.2 Å². The highest BCUT2D eigenvalue weighted by atomic mass is 16.6. The van der Waals surface area contributed by atoms with Gasteiger partial charge in [0.05, 0.1) is 32.9 Å². The predicted octanol–water partition coefficient (Wildman–Crippen LogP) is 2.52. The molecule has 31 heavy (non-hydrogen) atoms. The van der Waals surface area contributed by atoms with Crippen LogP contribution in [0.5, 0.6) is 28.7 Å². The molecule has 1 amide bonds. The van der Waals surface area contributed by atoms with Crippen molar-refractivity contribution < 1.29 is 38.0 Å². The zero-order valence-corrected chi connectivity index (χ0v) is 17.9. The largest absolute Gasteiger partial charge is 0.493 e. The number of amides is 1. The van der Waals surface area contributed by atoms with Crippen LogP contribution in [0, 0.1) is 0 Å². The zero-order valence-electron chi connectivity index (χ0n) is 17.9. The lowest BCUT2D eigenvalue weighted by atomic mass is 10.1. The van der Waals surface area contributed by atoms with Gasteiger partial charge in [-0.3, -0.25) is 4.79 Å². The number of esters is 1. The van der Waals surface area contributed by atoms with Crippen molar-refractivity contribution in [2.75, 3.05) is 41.2 Å². The van der Waals surface area contributed by atoms with Gasteiger partial charge in [-0.25, -0.2) is 4.79 Å². The Labute approximate surface area is 180 Å². The third-order valence-electron chi connectivity index (χ3n) is 4.68. The van der Waals surface area contributed by atoms with Crippen LogP contribution in [0.3, 0.4) is 0 Å². The smallest absolute Gasteiger partial charge is 0.338 e. The number of hydrogen-bond donors (Lipinski definition) is 1. The number of ether oxygens (including phenoxy) is 6. The molecule has 0 aromatic heterocycles. The molecular formula is C22H25NO8. The summed E-state index contributed by atoms with van der Waals surface area (Å²) in [6.07, 6.45) is 0. The van der Waals surface area contributed by atoms with Crippen LogP contribution in [0.25, 0.3) is 0 Å². The van der Waals surface area contributed by atoms with Gasteiger partial charge in [-0.15, -0.1) is 0 Å². The molecule has 0 fully saturated rings. The summed E-state index contributed by atoms with van der Waals surface area (Å²) in [6.45, 7) is 2.37. The predicted molar refractivity (Wildman–Crippen MR) is 110 cm³/mol. The number of nitrogens with one attached hydrogen (secondary N) is 1. The van der Waals surface area contributed by atoms with Crippen molar-refractivity contribution in [2.24, 2.45) is 0 Å². The quantitative estimate of drug-likeness (QED) is 0.637. The molecule has 9 nitrogen and oxygen atoms in total. The maximum Gasteiger partial charge on any atom is 0.338 e. The third kappa shape index (κ3) is 5.11. The average molecular weight is 431 g/mol. The summed E-state index contributed by atoms with van der Waals surface area (Å²) in [5.41, 5.74) is 1.01. The molecule has 2 aromatic carbocycles. The Bertz CT molecular complexity index is 934. The third-order valence-corrected chi connectivity index (χ3v) is 4.68. The number of hydrogen-bond acceptors (Lipinski definition) is 8. The van der Waals surface area contributed by atoms with Gasteiger partial charge < -0.3 is 33.7 Å². The minimum atomic E-state index is -0.693. The Morgan fingerprint density at radius 1 is 0.968 bits per heavy atom. The number of rotatable bonds is 8. The lowest BCUT2D eigenvalue weighted by molar-refractivity contribution is -0.124. The SMILES string of the molecule is COc1cc(C(=O)OCC(=O)NC(C)c2ccc3c(c2)OCCO3)cc(OC)c1OC. The molecule has 2 aromatic rings. The molecule has 3 rings (SSSR count).